The molecule has 1 N–H and O–H groups in total. The van der Waals surface area contributed by atoms with Crippen molar-refractivity contribution < 1.29 is 26.7 Å². The highest BCUT2D eigenvalue weighted by molar-refractivity contribution is 7.98. The van der Waals surface area contributed by atoms with Crippen LogP contribution in [-0.4, -0.2) is 36.6 Å². The molecule has 0 aliphatic rings. The van der Waals surface area contributed by atoms with Gasteiger partial charge in [0.1, 0.15) is 0 Å². The van der Waals surface area contributed by atoms with E-state index in [4.69, 9.17) is 0 Å². The molecule has 0 radical (unpaired) electrons. The van der Waals surface area contributed by atoms with Crippen molar-refractivity contribution in [3.63, 3.8) is 0 Å². The number of nitrogens with one attached hydrogen (secondary N) is 1. The van der Waals surface area contributed by atoms with Gasteiger partial charge in [-0.15, -0.1) is 0 Å². The molecule has 0 saturated heterocycles. The van der Waals surface area contributed by atoms with E-state index in [0.29, 0.717) is 12.8 Å². The summed E-state index contributed by atoms with van der Waals surface area (Å²) in [5.74, 6) is -6.61. The van der Waals surface area contributed by atoms with E-state index in [9.17, 15) is 26.7 Å². The Morgan fingerprint density at radius 2 is 1.61 bits per heavy atom. The Bertz CT molecular complexity index is 257. The first-order valence-corrected chi connectivity index (χ1v) is 6.84. The first-order chi connectivity index (χ1) is 8.23. The molecule has 0 atom stereocenters. The lowest BCUT2D eigenvalue weighted by atomic mass is 10.2. The summed E-state index contributed by atoms with van der Waals surface area (Å²) in [6.45, 7) is -0.163. The lowest BCUT2D eigenvalue weighted by molar-refractivity contribution is -0.269. The highest BCUT2D eigenvalue weighted by atomic mass is 32.2. The second kappa shape index (κ2) is 7.81. The molecule has 0 fully saturated rings. The molecule has 1 amide bonds. The average Bonchev–Trinajstić information content (AvgIpc) is 2.26. The van der Waals surface area contributed by atoms with Crippen LogP contribution in [0.4, 0.5) is 22.0 Å². The van der Waals surface area contributed by atoms with Gasteiger partial charge in [0.25, 0.3) is 5.91 Å². The second-order valence-corrected chi connectivity index (χ2v) is 4.72. The normalized spacial score (nSPS) is 12.6. The number of carbonyl (C=O) groups excluding carboxylic acids is 1. The monoisotopic (exact) mass is 293 g/mol. The fourth-order valence-electron chi connectivity index (χ4n) is 1.17. The molecule has 0 aromatic carbocycles. The highest BCUT2D eigenvalue weighted by Crippen LogP contribution is 2.35. The van der Waals surface area contributed by atoms with Gasteiger partial charge in [0, 0.05) is 6.54 Å². The number of rotatable bonds is 8. The number of hydrogen-bond acceptors (Lipinski definition) is 2. The van der Waals surface area contributed by atoms with Crippen molar-refractivity contribution in [1.82, 2.24) is 5.32 Å². The van der Waals surface area contributed by atoms with E-state index in [1.807, 2.05) is 6.26 Å². The Balaban J connectivity index is 3.78. The van der Waals surface area contributed by atoms with Crippen LogP contribution in [-0.2, 0) is 4.79 Å². The van der Waals surface area contributed by atoms with Crippen molar-refractivity contribution in [3.8, 4) is 0 Å². The molecule has 0 heterocycles. The molecule has 0 saturated carbocycles. The molecule has 0 bridgehead atoms. The van der Waals surface area contributed by atoms with Crippen molar-refractivity contribution in [2.75, 3.05) is 18.6 Å². The fourth-order valence-corrected chi connectivity index (χ4v) is 1.66. The van der Waals surface area contributed by atoms with Gasteiger partial charge in [-0.1, -0.05) is 12.8 Å². The van der Waals surface area contributed by atoms with Gasteiger partial charge in [0.15, 0.2) is 0 Å². The zero-order valence-electron chi connectivity index (χ0n) is 9.95. The van der Waals surface area contributed by atoms with Gasteiger partial charge in [-0.05, 0) is 24.9 Å². The van der Waals surface area contributed by atoms with Crippen LogP contribution in [0.2, 0.25) is 0 Å². The van der Waals surface area contributed by atoms with E-state index in [0.717, 1.165) is 18.6 Å². The molecule has 2 nitrogen and oxygen atoms in total. The molecular weight excluding hydrogens is 277 g/mol. The van der Waals surface area contributed by atoms with Crippen LogP contribution in [0.3, 0.4) is 0 Å². The van der Waals surface area contributed by atoms with Gasteiger partial charge < -0.3 is 5.32 Å². The van der Waals surface area contributed by atoms with Crippen molar-refractivity contribution in [2.45, 2.75) is 37.8 Å². The predicted molar refractivity (Wildman–Crippen MR) is 60.9 cm³/mol. The molecule has 0 aliphatic carbocycles. The minimum absolute atomic E-state index is 0.163. The van der Waals surface area contributed by atoms with Gasteiger partial charge >= 0.3 is 12.1 Å². The van der Waals surface area contributed by atoms with E-state index in [-0.39, 0.29) is 6.54 Å². The third kappa shape index (κ3) is 5.88. The van der Waals surface area contributed by atoms with E-state index in [1.165, 1.54) is 0 Å². The van der Waals surface area contributed by atoms with Gasteiger partial charge in [0.05, 0.1) is 0 Å². The summed E-state index contributed by atoms with van der Waals surface area (Å²) in [7, 11) is 0. The molecule has 8 heteroatoms. The molecule has 0 aliphatic heterocycles. The number of thioether (sulfide) groups is 1. The predicted octanol–water partition coefficient (Wildman–Crippen LogP) is 3.22. The Morgan fingerprint density at radius 1 is 1.06 bits per heavy atom. The molecular formula is C10H16F5NOS. The van der Waals surface area contributed by atoms with Crippen molar-refractivity contribution in [1.29, 1.82) is 0 Å². The number of carbonyl (C=O) groups is 1. The maximum absolute atomic E-state index is 12.5. The molecule has 0 aromatic rings. The lowest BCUT2D eigenvalue weighted by Gasteiger charge is -2.18. The van der Waals surface area contributed by atoms with Crippen molar-refractivity contribution >= 4 is 17.7 Å². The summed E-state index contributed by atoms with van der Waals surface area (Å²) in [4.78, 5) is 10.7. The smallest absolute Gasteiger partial charge is 0.351 e. The summed E-state index contributed by atoms with van der Waals surface area (Å²) in [6.07, 6.45) is -0.957. The van der Waals surface area contributed by atoms with E-state index in [1.54, 1.807) is 17.1 Å². The summed E-state index contributed by atoms with van der Waals surface area (Å²) < 4.78 is 60.3. The Labute approximate surface area is 107 Å². The zero-order chi connectivity index (χ0) is 14.2. The van der Waals surface area contributed by atoms with E-state index < -0.39 is 18.0 Å². The number of hydrogen-bond donors (Lipinski definition) is 1. The third-order valence-electron chi connectivity index (χ3n) is 2.20. The molecule has 108 valence electrons. The molecule has 0 rings (SSSR count). The fraction of sp³-hybridized carbons (Fsp3) is 0.900. The van der Waals surface area contributed by atoms with Crippen LogP contribution >= 0.6 is 11.8 Å². The maximum Gasteiger partial charge on any atom is 0.463 e. The summed E-state index contributed by atoms with van der Waals surface area (Å²) in [6, 6.07) is 0. The van der Waals surface area contributed by atoms with Crippen molar-refractivity contribution in [2.24, 2.45) is 0 Å². The zero-order valence-corrected chi connectivity index (χ0v) is 10.8. The number of halogens is 5. The first kappa shape index (κ1) is 17.5. The average molecular weight is 293 g/mol. The van der Waals surface area contributed by atoms with E-state index in [2.05, 4.69) is 0 Å². The van der Waals surface area contributed by atoms with Gasteiger partial charge in [0.2, 0.25) is 0 Å². The maximum atomic E-state index is 12.5. The number of unbranched alkanes of at least 4 members (excludes halogenated alkanes) is 3. The van der Waals surface area contributed by atoms with Gasteiger partial charge in [-0.25, -0.2) is 0 Å². The number of amides is 1. The quantitative estimate of drug-likeness (QED) is 0.550. The Morgan fingerprint density at radius 3 is 2.11 bits per heavy atom. The minimum Gasteiger partial charge on any atom is -0.351 e. The Hall–Kier alpha value is -0.530. The second-order valence-electron chi connectivity index (χ2n) is 3.74. The molecule has 0 spiro atoms. The standard InChI is InChI=1S/C10H16F5NOS/c1-18-7-5-3-2-4-6-16-8(17)9(11,12)10(13,14)15/h2-7H2,1H3,(H,16,17). The lowest BCUT2D eigenvalue weighted by Crippen LogP contribution is -2.50. The van der Waals surface area contributed by atoms with Crippen molar-refractivity contribution in [3.05, 3.63) is 0 Å². The van der Waals surface area contributed by atoms with Crippen LogP contribution < -0.4 is 5.32 Å². The summed E-state index contributed by atoms with van der Waals surface area (Å²) >= 11 is 1.68. The molecule has 18 heavy (non-hydrogen) atoms. The highest BCUT2D eigenvalue weighted by Gasteiger charge is 2.63. The minimum atomic E-state index is -5.84. The van der Waals surface area contributed by atoms with Gasteiger partial charge in [-0.2, -0.15) is 33.7 Å². The first-order valence-electron chi connectivity index (χ1n) is 5.45. The topological polar surface area (TPSA) is 29.1 Å². The van der Waals surface area contributed by atoms with Crippen LogP contribution in [0.25, 0.3) is 0 Å². The molecule has 0 unspecified atom stereocenters. The number of alkyl halides is 5. The summed E-state index contributed by atoms with van der Waals surface area (Å²) in [5.41, 5.74) is 0. The Kier molecular flexibility index (Phi) is 7.58. The largest absolute Gasteiger partial charge is 0.463 e. The van der Waals surface area contributed by atoms with Gasteiger partial charge in [-0.3, -0.25) is 4.79 Å². The van der Waals surface area contributed by atoms with Crippen LogP contribution in [0.1, 0.15) is 25.7 Å². The third-order valence-corrected chi connectivity index (χ3v) is 2.90. The van der Waals surface area contributed by atoms with Crippen LogP contribution in [0, 0.1) is 0 Å². The molecule has 0 aromatic heterocycles. The van der Waals surface area contributed by atoms with Crippen LogP contribution in [0.15, 0.2) is 0 Å². The summed E-state index contributed by atoms with van der Waals surface area (Å²) in [5, 5.41) is 1.61. The SMILES string of the molecule is CSCCCCCCNC(=O)C(F)(F)C(F)(F)F. The van der Waals surface area contributed by atoms with E-state index >= 15 is 0 Å². The van der Waals surface area contributed by atoms with Crippen LogP contribution in [0.5, 0.6) is 0 Å².